The molecule has 0 radical (unpaired) electrons. The third-order valence-corrected chi connectivity index (χ3v) is 6.35. The molecule has 27 heavy (non-hydrogen) atoms. The van der Waals surface area contributed by atoms with E-state index in [-0.39, 0.29) is 5.91 Å². The summed E-state index contributed by atoms with van der Waals surface area (Å²) in [4.78, 5) is 20.8. The normalized spacial score (nSPS) is 15.4. The van der Waals surface area contributed by atoms with Crippen LogP contribution in [0.5, 0.6) is 0 Å². The molecule has 2 heterocycles. The summed E-state index contributed by atoms with van der Waals surface area (Å²) >= 11 is 1.70. The lowest BCUT2D eigenvalue weighted by atomic mass is 10.1. The van der Waals surface area contributed by atoms with E-state index in [9.17, 15) is 4.79 Å². The van der Waals surface area contributed by atoms with Crippen LogP contribution in [0, 0.1) is 6.92 Å². The predicted octanol–water partition coefficient (Wildman–Crippen LogP) is 2.46. The molecule has 0 saturated carbocycles. The molecule has 1 aromatic heterocycles. The van der Waals surface area contributed by atoms with Gasteiger partial charge in [-0.05, 0) is 19.1 Å². The fourth-order valence-electron chi connectivity index (χ4n) is 3.76. The van der Waals surface area contributed by atoms with Crippen LogP contribution in [0.25, 0.3) is 10.2 Å². The Morgan fingerprint density at radius 2 is 1.96 bits per heavy atom. The van der Waals surface area contributed by atoms with Crippen molar-refractivity contribution in [3.05, 3.63) is 64.7 Å². The van der Waals surface area contributed by atoms with Crippen molar-refractivity contribution < 1.29 is 9.69 Å². The largest absolute Gasteiger partial charge is 0.331 e. The summed E-state index contributed by atoms with van der Waals surface area (Å²) in [5.41, 5.74) is 3.74. The number of nitrogens with zero attached hydrogens (tertiary/aromatic N) is 2. The number of piperazine rings is 1. The molecule has 1 amide bonds. The van der Waals surface area contributed by atoms with Crippen molar-refractivity contribution in [1.82, 2.24) is 9.88 Å². The average molecular weight is 381 g/mol. The van der Waals surface area contributed by atoms with Crippen LogP contribution in [0.2, 0.25) is 0 Å². The summed E-state index contributed by atoms with van der Waals surface area (Å²) in [6.45, 7) is 6.97. The number of aromatic nitrogens is 1. The van der Waals surface area contributed by atoms with E-state index in [4.69, 9.17) is 0 Å². The molecule has 0 atom stereocenters. The summed E-state index contributed by atoms with van der Waals surface area (Å²) in [7, 11) is 0. The molecule has 0 bridgehead atoms. The Balaban J connectivity index is 1.25. The maximum atomic E-state index is 12.6. The SMILES string of the molecule is Cc1cccc(C[NH+]2CCN(C(=O)CCc3nc4ccccc4s3)CC2)c1. The Bertz CT molecular complexity index is 895. The molecule has 1 aliphatic rings. The number of thiazole rings is 1. The van der Waals surface area contributed by atoms with E-state index in [0.29, 0.717) is 6.42 Å². The van der Waals surface area contributed by atoms with Gasteiger partial charge in [0.05, 0.1) is 41.4 Å². The third kappa shape index (κ3) is 4.54. The Morgan fingerprint density at radius 3 is 2.74 bits per heavy atom. The number of para-hydroxylation sites is 1. The third-order valence-electron chi connectivity index (χ3n) is 5.25. The van der Waals surface area contributed by atoms with Crippen LogP contribution in [0.1, 0.15) is 22.6 Å². The highest BCUT2D eigenvalue weighted by molar-refractivity contribution is 7.18. The average Bonchev–Trinajstić information content (AvgIpc) is 3.10. The number of carbonyl (C=O) groups excluding carboxylic acids is 1. The standard InChI is InChI=1S/C22H25N3OS/c1-17-5-4-6-18(15-17)16-24-11-13-25(14-12-24)22(26)10-9-21-23-19-7-2-3-8-20(19)27-21/h2-8,15H,9-14,16H2,1H3/p+1. The van der Waals surface area contributed by atoms with Crippen LogP contribution in [0.4, 0.5) is 0 Å². The van der Waals surface area contributed by atoms with Crippen LogP contribution in [-0.2, 0) is 17.8 Å². The fraction of sp³-hybridized carbons (Fsp3) is 0.364. The first-order valence-corrected chi connectivity index (χ1v) is 10.5. The van der Waals surface area contributed by atoms with Crippen LogP contribution in [-0.4, -0.2) is 42.0 Å². The Labute approximate surface area is 164 Å². The van der Waals surface area contributed by atoms with E-state index in [1.807, 2.05) is 23.1 Å². The van der Waals surface area contributed by atoms with E-state index in [1.165, 1.54) is 15.8 Å². The van der Waals surface area contributed by atoms with Crippen molar-refractivity contribution in [3.8, 4) is 0 Å². The molecule has 1 N–H and O–H groups in total. The second-order valence-corrected chi connectivity index (χ2v) is 8.49. The number of hydrogen-bond acceptors (Lipinski definition) is 3. The number of benzene rings is 2. The number of carbonyl (C=O) groups is 1. The number of nitrogens with one attached hydrogen (secondary N) is 1. The highest BCUT2D eigenvalue weighted by Crippen LogP contribution is 2.22. The van der Waals surface area contributed by atoms with Gasteiger partial charge in [-0.15, -0.1) is 11.3 Å². The van der Waals surface area contributed by atoms with Crippen LogP contribution in [0.15, 0.2) is 48.5 Å². The molecule has 3 aromatic rings. The summed E-state index contributed by atoms with van der Waals surface area (Å²) in [6, 6.07) is 16.9. The van der Waals surface area contributed by atoms with Gasteiger partial charge < -0.3 is 9.80 Å². The van der Waals surface area contributed by atoms with Crippen molar-refractivity contribution in [2.45, 2.75) is 26.3 Å². The summed E-state index contributed by atoms with van der Waals surface area (Å²) in [5.74, 6) is 0.267. The summed E-state index contributed by atoms with van der Waals surface area (Å²) in [5, 5.41) is 1.06. The van der Waals surface area contributed by atoms with E-state index in [2.05, 4.69) is 42.2 Å². The quantitative estimate of drug-likeness (QED) is 0.738. The maximum absolute atomic E-state index is 12.6. The zero-order chi connectivity index (χ0) is 18.6. The van der Waals surface area contributed by atoms with Gasteiger partial charge in [-0.3, -0.25) is 4.79 Å². The molecule has 1 saturated heterocycles. The zero-order valence-corrected chi connectivity index (χ0v) is 16.6. The molecule has 2 aromatic carbocycles. The minimum atomic E-state index is 0.267. The number of hydrogen-bond donors (Lipinski definition) is 1. The molecule has 4 rings (SSSR count). The molecule has 0 spiro atoms. The minimum Gasteiger partial charge on any atom is -0.331 e. The van der Waals surface area contributed by atoms with Crippen molar-refractivity contribution in [3.63, 3.8) is 0 Å². The van der Waals surface area contributed by atoms with Gasteiger partial charge in [0.1, 0.15) is 6.54 Å². The van der Waals surface area contributed by atoms with Gasteiger partial charge in [0.15, 0.2) is 0 Å². The minimum absolute atomic E-state index is 0.267. The summed E-state index contributed by atoms with van der Waals surface area (Å²) < 4.78 is 1.20. The van der Waals surface area contributed by atoms with E-state index in [1.54, 1.807) is 16.2 Å². The van der Waals surface area contributed by atoms with Crippen molar-refractivity contribution in [1.29, 1.82) is 0 Å². The lowest BCUT2D eigenvalue weighted by Crippen LogP contribution is -3.13. The van der Waals surface area contributed by atoms with Crippen molar-refractivity contribution in [2.75, 3.05) is 26.2 Å². The number of amides is 1. The molecule has 1 aliphatic heterocycles. The molecule has 1 fully saturated rings. The van der Waals surface area contributed by atoms with Crippen molar-refractivity contribution >= 4 is 27.5 Å². The highest BCUT2D eigenvalue weighted by atomic mass is 32.1. The van der Waals surface area contributed by atoms with E-state index in [0.717, 1.165) is 49.7 Å². The molecular weight excluding hydrogens is 354 g/mol. The smallest absolute Gasteiger partial charge is 0.223 e. The number of aryl methyl sites for hydroxylation is 2. The first-order chi connectivity index (χ1) is 13.2. The molecular formula is C22H26N3OS+. The number of fused-ring (bicyclic) bond motifs is 1. The van der Waals surface area contributed by atoms with E-state index >= 15 is 0 Å². The van der Waals surface area contributed by atoms with Gasteiger partial charge in [-0.2, -0.15) is 0 Å². The zero-order valence-electron chi connectivity index (χ0n) is 15.8. The lowest BCUT2D eigenvalue weighted by molar-refractivity contribution is -0.917. The number of quaternary nitrogens is 1. The van der Waals surface area contributed by atoms with Crippen LogP contribution < -0.4 is 4.90 Å². The monoisotopic (exact) mass is 380 g/mol. The topological polar surface area (TPSA) is 37.6 Å². The first kappa shape index (κ1) is 18.1. The van der Waals surface area contributed by atoms with Crippen LogP contribution >= 0.6 is 11.3 Å². The molecule has 5 heteroatoms. The van der Waals surface area contributed by atoms with Crippen molar-refractivity contribution in [2.24, 2.45) is 0 Å². The predicted molar refractivity (Wildman–Crippen MR) is 110 cm³/mol. The van der Waals surface area contributed by atoms with E-state index < -0.39 is 0 Å². The molecule has 0 unspecified atom stereocenters. The summed E-state index contributed by atoms with van der Waals surface area (Å²) in [6.07, 6.45) is 1.31. The fourth-order valence-corrected chi connectivity index (χ4v) is 4.73. The second kappa shape index (κ2) is 8.19. The second-order valence-electron chi connectivity index (χ2n) is 7.37. The number of rotatable bonds is 5. The van der Waals surface area contributed by atoms with Gasteiger partial charge in [0.2, 0.25) is 5.91 Å². The Morgan fingerprint density at radius 1 is 1.15 bits per heavy atom. The Kier molecular flexibility index (Phi) is 5.50. The lowest BCUT2D eigenvalue weighted by Gasteiger charge is -2.32. The highest BCUT2D eigenvalue weighted by Gasteiger charge is 2.23. The molecule has 0 aliphatic carbocycles. The van der Waals surface area contributed by atoms with Gasteiger partial charge >= 0.3 is 0 Å². The van der Waals surface area contributed by atoms with Gasteiger partial charge in [0.25, 0.3) is 0 Å². The maximum Gasteiger partial charge on any atom is 0.223 e. The molecule has 140 valence electrons. The van der Waals surface area contributed by atoms with Gasteiger partial charge in [0, 0.05) is 18.4 Å². The van der Waals surface area contributed by atoms with Gasteiger partial charge in [-0.1, -0.05) is 42.0 Å². The Hall–Kier alpha value is -2.24. The first-order valence-electron chi connectivity index (χ1n) is 9.69. The molecule has 4 nitrogen and oxygen atoms in total. The van der Waals surface area contributed by atoms with Crippen LogP contribution in [0.3, 0.4) is 0 Å². The van der Waals surface area contributed by atoms with Gasteiger partial charge in [-0.25, -0.2) is 4.98 Å².